The molecule has 4 N–H and O–H groups in total. The summed E-state index contributed by atoms with van der Waals surface area (Å²) in [6.45, 7) is 4.04. The summed E-state index contributed by atoms with van der Waals surface area (Å²) < 4.78 is 47.5. The number of nitrogens with one attached hydrogen (secondary N) is 1. The highest BCUT2D eigenvalue weighted by Gasteiger charge is 2.38. The maximum absolute atomic E-state index is 13.9. The Bertz CT molecular complexity index is 1300. The van der Waals surface area contributed by atoms with E-state index in [1.54, 1.807) is 24.3 Å². The van der Waals surface area contributed by atoms with Crippen LogP contribution in [0.3, 0.4) is 0 Å². The number of hydrogen-bond acceptors (Lipinski definition) is 5. The van der Waals surface area contributed by atoms with E-state index in [0.717, 1.165) is 6.07 Å². The Morgan fingerprint density at radius 3 is 2.45 bits per heavy atom. The fourth-order valence-electron chi connectivity index (χ4n) is 3.84. The number of rotatable bonds is 6. The number of aromatic nitrogens is 1. The van der Waals surface area contributed by atoms with Gasteiger partial charge in [-0.3, -0.25) is 4.79 Å². The number of hydrogen-bond donors (Lipinski definition) is 3. The van der Waals surface area contributed by atoms with Gasteiger partial charge in [-0.05, 0) is 77.6 Å². The number of carboxylic acids is 1. The molecule has 2 heterocycles. The predicted molar refractivity (Wildman–Crippen MR) is 139 cm³/mol. The first kappa shape index (κ1) is 28.2. The molecule has 0 radical (unpaired) electrons. The van der Waals surface area contributed by atoms with Gasteiger partial charge in [-0.1, -0.05) is 26.0 Å². The van der Waals surface area contributed by atoms with Gasteiger partial charge in [0.25, 0.3) is 0 Å². The molecule has 7 nitrogen and oxygen atoms in total. The molecule has 1 aliphatic rings. The third-order valence-electron chi connectivity index (χ3n) is 5.70. The van der Waals surface area contributed by atoms with E-state index in [9.17, 15) is 22.8 Å². The van der Waals surface area contributed by atoms with Crippen molar-refractivity contribution in [2.45, 2.75) is 39.0 Å². The Morgan fingerprint density at radius 2 is 1.84 bits per heavy atom. The number of pyridine rings is 1. The van der Waals surface area contributed by atoms with Crippen LogP contribution in [0.1, 0.15) is 47.3 Å². The molecular formula is C28H28F3N3O4. The Balaban J connectivity index is 0.00000195. The molecule has 3 aromatic rings. The van der Waals surface area contributed by atoms with E-state index < -0.39 is 29.7 Å². The second-order valence-electron chi connectivity index (χ2n) is 8.27. The number of nitrogens with zero attached hydrogens (tertiary/aromatic N) is 1. The summed E-state index contributed by atoms with van der Waals surface area (Å²) in [5.74, 6) is -1.43. The molecule has 38 heavy (non-hydrogen) atoms. The number of carbonyl (C=O) groups excluding carboxylic acids is 1. The fraction of sp³-hybridized carbons (Fsp3) is 0.250. The van der Waals surface area contributed by atoms with Gasteiger partial charge in [-0.15, -0.1) is 0 Å². The molecule has 1 aliphatic heterocycles. The molecule has 1 atom stereocenters. The number of benzene rings is 2. The van der Waals surface area contributed by atoms with E-state index in [1.165, 1.54) is 36.5 Å². The van der Waals surface area contributed by atoms with Crippen LogP contribution in [-0.4, -0.2) is 34.6 Å². The lowest BCUT2D eigenvalue weighted by atomic mass is 9.93. The predicted octanol–water partition coefficient (Wildman–Crippen LogP) is 5.60. The highest BCUT2D eigenvalue weighted by molar-refractivity contribution is 5.91. The number of amides is 1. The molecule has 0 saturated carbocycles. The highest BCUT2D eigenvalue weighted by Crippen LogP contribution is 2.43. The lowest BCUT2D eigenvalue weighted by molar-refractivity contribution is -0.139. The van der Waals surface area contributed by atoms with Gasteiger partial charge in [0.05, 0.1) is 17.7 Å². The number of halogens is 3. The van der Waals surface area contributed by atoms with Gasteiger partial charge in [0, 0.05) is 12.3 Å². The number of alkyl halides is 3. The van der Waals surface area contributed by atoms with Crippen molar-refractivity contribution in [2.75, 3.05) is 12.3 Å². The molecule has 2 aromatic carbocycles. The third-order valence-corrected chi connectivity index (χ3v) is 5.70. The molecule has 200 valence electrons. The first-order valence-corrected chi connectivity index (χ1v) is 12.0. The van der Waals surface area contributed by atoms with Crippen LogP contribution in [0.25, 0.3) is 17.2 Å². The third kappa shape index (κ3) is 7.12. The first-order chi connectivity index (χ1) is 18.1. The Morgan fingerprint density at radius 1 is 1.13 bits per heavy atom. The summed E-state index contributed by atoms with van der Waals surface area (Å²) in [4.78, 5) is 27.1. The number of nitrogens with two attached hydrogens (primary N) is 1. The number of aryl methyl sites for hydroxylation is 1. The molecule has 0 fully saturated rings. The van der Waals surface area contributed by atoms with Crippen molar-refractivity contribution in [2.24, 2.45) is 0 Å². The van der Waals surface area contributed by atoms with Crippen molar-refractivity contribution in [3.05, 3.63) is 83.1 Å². The Hall–Kier alpha value is -4.34. The van der Waals surface area contributed by atoms with Gasteiger partial charge in [0.2, 0.25) is 5.91 Å². The van der Waals surface area contributed by atoms with Crippen molar-refractivity contribution in [3.63, 3.8) is 0 Å². The number of ether oxygens (including phenoxy) is 1. The molecule has 1 unspecified atom stereocenters. The number of carbonyl (C=O) groups is 2. The highest BCUT2D eigenvalue weighted by atomic mass is 19.4. The topological polar surface area (TPSA) is 115 Å². The second-order valence-corrected chi connectivity index (χ2v) is 8.27. The SMILES string of the molecule is CC.Nc1ccc(/C=C/C(=O)NCC2CCc3cc(-c4ccc(C(=O)O)cc4)cc(C(F)(F)F)c3O2)cn1. The number of nitrogen functional groups attached to an aromatic ring is 1. The van der Waals surface area contributed by atoms with Crippen LogP contribution in [-0.2, 0) is 17.4 Å². The van der Waals surface area contributed by atoms with E-state index in [2.05, 4.69) is 10.3 Å². The van der Waals surface area contributed by atoms with E-state index >= 15 is 0 Å². The van der Waals surface area contributed by atoms with Crippen molar-refractivity contribution in [1.82, 2.24) is 10.3 Å². The molecule has 10 heteroatoms. The normalized spacial score (nSPS) is 14.6. The summed E-state index contributed by atoms with van der Waals surface area (Å²) in [6.07, 6.45) is -0.201. The van der Waals surface area contributed by atoms with Crippen molar-refractivity contribution < 1.29 is 32.6 Å². The molecule has 0 saturated heterocycles. The smallest absolute Gasteiger partial charge is 0.419 e. The summed E-state index contributed by atoms with van der Waals surface area (Å²) in [6, 6.07) is 11.6. The monoisotopic (exact) mass is 527 g/mol. The Labute approximate surface area is 218 Å². The standard InChI is InChI=1S/C26H22F3N3O4.C2H6/c27-26(28,29)21-12-19(16-3-5-17(6-4-16)25(34)35)11-18-7-8-20(36-24(18)21)14-32-23(33)10-2-15-1-9-22(30)31-13-15;1-2/h1-6,9-13,20H,7-8,14H2,(H2,30,31)(H,32,33)(H,34,35);1-2H3/b10-2+;. The van der Waals surface area contributed by atoms with Crippen LogP contribution in [0.5, 0.6) is 5.75 Å². The maximum atomic E-state index is 13.9. The van der Waals surface area contributed by atoms with E-state index in [4.69, 9.17) is 15.6 Å². The maximum Gasteiger partial charge on any atom is 0.419 e. The average Bonchev–Trinajstić information content (AvgIpc) is 2.91. The quantitative estimate of drug-likeness (QED) is 0.360. The summed E-state index contributed by atoms with van der Waals surface area (Å²) in [5.41, 5.74) is 6.50. The van der Waals surface area contributed by atoms with Crippen LogP contribution in [0.4, 0.5) is 19.0 Å². The molecule has 0 spiro atoms. The molecule has 0 bridgehead atoms. The zero-order valence-electron chi connectivity index (χ0n) is 20.9. The van der Waals surface area contributed by atoms with E-state index in [0.29, 0.717) is 40.9 Å². The molecule has 4 rings (SSSR count). The zero-order chi connectivity index (χ0) is 27.9. The van der Waals surface area contributed by atoms with Crippen molar-refractivity contribution in [3.8, 4) is 16.9 Å². The molecule has 0 aliphatic carbocycles. The van der Waals surface area contributed by atoms with Gasteiger partial charge < -0.3 is 20.9 Å². The summed E-state index contributed by atoms with van der Waals surface area (Å²) in [7, 11) is 0. The average molecular weight is 528 g/mol. The van der Waals surface area contributed by atoms with Crippen molar-refractivity contribution in [1.29, 1.82) is 0 Å². The Kier molecular flexibility index (Phi) is 9.11. The van der Waals surface area contributed by atoms with E-state index in [1.807, 2.05) is 13.8 Å². The lowest BCUT2D eigenvalue weighted by Crippen LogP contribution is -2.37. The zero-order valence-corrected chi connectivity index (χ0v) is 20.9. The minimum Gasteiger partial charge on any atom is -0.488 e. The largest absolute Gasteiger partial charge is 0.488 e. The first-order valence-electron chi connectivity index (χ1n) is 12.0. The van der Waals surface area contributed by atoms with Crippen LogP contribution < -0.4 is 15.8 Å². The van der Waals surface area contributed by atoms with Crippen molar-refractivity contribution >= 4 is 23.8 Å². The minimum absolute atomic E-state index is 0.0400. The van der Waals surface area contributed by atoms with E-state index in [-0.39, 0.29) is 17.9 Å². The molecule has 1 aromatic heterocycles. The summed E-state index contributed by atoms with van der Waals surface area (Å²) in [5, 5.41) is 11.7. The van der Waals surface area contributed by atoms with Gasteiger partial charge in [-0.25, -0.2) is 9.78 Å². The van der Waals surface area contributed by atoms with Gasteiger partial charge in [0.1, 0.15) is 17.7 Å². The fourth-order valence-corrected chi connectivity index (χ4v) is 3.84. The van der Waals surface area contributed by atoms with Gasteiger partial charge in [-0.2, -0.15) is 13.2 Å². The van der Waals surface area contributed by atoms with Gasteiger partial charge >= 0.3 is 12.1 Å². The van der Waals surface area contributed by atoms with Crippen LogP contribution in [0, 0.1) is 0 Å². The number of anilines is 1. The van der Waals surface area contributed by atoms with Gasteiger partial charge in [0.15, 0.2) is 0 Å². The van der Waals surface area contributed by atoms with Crippen LogP contribution in [0.2, 0.25) is 0 Å². The second kappa shape index (κ2) is 12.3. The number of aromatic carboxylic acids is 1. The summed E-state index contributed by atoms with van der Waals surface area (Å²) >= 11 is 0. The van der Waals surface area contributed by atoms with Crippen LogP contribution in [0.15, 0.2) is 60.8 Å². The lowest BCUT2D eigenvalue weighted by Gasteiger charge is -2.29. The minimum atomic E-state index is -4.66. The number of carboxylic acid groups (broad SMARTS) is 1. The molecule has 1 amide bonds. The van der Waals surface area contributed by atoms with Crippen LogP contribution >= 0.6 is 0 Å². The number of fused-ring (bicyclic) bond motifs is 1. The molecular weight excluding hydrogens is 499 g/mol.